The van der Waals surface area contributed by atoms with Crippen LogP contribution in [0.4, 0.5) is 5.69 Å². The number of nitrogens with zero attached hydrogens (tertiary/aromatic N) is 4. The number of nitrogen functional groups attached to an aromatic ring is 1. The van der Waals surface area contributed by atoms with Crippen molar-refractivity contribution in [3.05, 3.63) is 54.2 Å². The summed E-state index contributed by atoms with van der Waals surface area (Å²) in [7, 11) is 0. The number of anilines is 1. The van der Waals surface area contributed by atoms with E-state index in [4.69, 9.17) is 5.73 Å². The van der Waals surface area contributed by atoms with E-state index in [0.717, 1.165) is 44.5 Å². The van der Waals surface area contributed by atoms with Crippen molar-refractivity contribution in [2.45, 2.75) is 30.6 Å². The van der Waals surface area contributed by atoms with E-state index in [9.17, 15) is 4.79 Å². The van der Waals surface area contributed by atoms with E-state index < -0.39 is 0 Å². The van der Waals surface area contributed by atoms with E-state index in [-0.39, 0.29) is 5.91 Å². The van der Waals surface area contributed by atoms with Crippen molar-refractivity contribution in [3.63, 3.8) is 0 Å². The van der Waals surface area contributed by atoms with Crippen LogP contribution >= 0.6 is 23.1 Å². The summed E-state index contributed by atoms with van der Waals surface area (Å²) >= 11 is 2.94. The molecule has 4 aromatic rings. The fraction of sp³-hybridized carbons (Fsp3) is 0.238. The third-order valence-electron chi connectivity index (χ3n) is 4.95. The minimum absolute atomic E-state index is 0.0266. The number of amides is 1. The molecule has 3 heterocycles. The Balaban J connectivity index is 1.33. The third kappa shape index (κ3) is 3.78. The number of hydrogen-bond acceptors (Lipinski definition) is 7. The third-order valence-corrected chi connectivity index (χ3v) is 7.02. The van der Waals surface area contributed by atoms with Crippen LogP contribution in [0.2, 0.25) is 0 Å². The zero-order chi connectivity index (χ0) is 20.5. The Hall–Kier alpha value is -2.91. The lowest BCUT2D eigenvalue weighted by Crippen LogP contribution is -2.24. The number of hydrogen-bond donors (Lipinski definition) is 2. The second kappa shape index (κ2) is 8.08. The van der Waals surface area contributed by atoms with Crippen LogP contribution in [-0.4, -0.2) is 31.4 Å². The molecule has 0 saturated heterocycles. The van der Waals surface area contributed by atoms with Crippen LogP contribution in [0.1, 0.15) is 24.4 Å². The number of rotatable bonds is 7. The highest BCUT2D eigenvalue weighted by atomic mass is 32.2. The molecule has 3 N–H and O–H groups in total. The first-order valence-corrected chi connectivity index (χ1v) is 11.5. The number of nitrogens with one attached hydrogen (secondary N) is 1. The Morgan fingerprint density at radius 2 is 2.03 bits per heavy atom. The van der Waals surface area contributed by atoms with Crippen molar-refractivity contribution in [3.8, 4) is 10.7 Å². The largest absolute Gasteiger partial charge is 0.397 e. The molecule has 1 amide bonds. The first-order chi connectivity index (χ1) is 14.7. The zero-order valence-electron chi connectivity index (χ0n) is 16.1. The number of carbonyl (C=O) groups excluding carboxylic acids is 1. The fourth-order valence-corrected chi connectivity index (χ4v) is 5.17. The lowest BCUT2D eigenvalue weighted by molar-refractivity contribution is -0.118. The second-order valence-corrected chi connectivity index (χ2v) is 9.10. The lowest BCUT2D eigenvalue weighted by atomic mass is 10.2. The normalized spacial score (nSPS) is 13.6. The molecular weight excluding hydrogens is 416 g/mol. The van der Waals surface area contributed by atoms with Crippen LogP contribution in [0.15, 0.2) is 53.8 Å². The molecule has 0 radical (unpaired) electrons. The van der Waals surface area contributed by atoms with Gasteiger partial charge in [0, 0.05) is 24.2 Å². The highest BCUT2D eigenvalue weighted by Gasteiger charge is 2.32. The molecule has 0 unspecified atom stereocenters. The van der Waals surface area contributed by atoms with Crippen molar-refractivity contribution in [2.75, 3.05) is 11.5 Å². The summed E-state index contributed by atoms with van der Waals surface area (Å²) in [4.78, 5) is 18.5. The van der Waals surface area contributed by atoms with Gasteiger partial charge in [0.05, 0.1) is 16.3 Å². The molecular formula is C21H20N6OS2. The topological polar surface area (TPSA) is 98.7 Å². The van der Waals surface area contributed by atoms with Gasteiger partial charge in [0.25, 0.3) is 0 Å². The van der Waals surface area contributed by atoms with Gasteiger partial charge >= 0.3 is 0 Å². The van der Waals surface area contributed by atoms with Gasteiger partial charge in [0.1, 0.15) is 4.83 Å². The number of benzene rings is 1. The molecule has 3 aromatic heterocycles. The monoisotopic (exact) mass is 436 g/mol. The van der Waals surface area contributed by atoms with Crippen LogP contribution in [-0.2, 0) is 11.3 Å². The van der Waals surface area contributed by atoms with Crippen LogP contribution in [0.5, 0.6) is 0 Å². The maximum absolute atomic E-state index is 12.3. The van der Waals surface area contributed by atoms with E-state index in [0.29, 0.717) is 24.0 Å². The van der Waals surface area contributed by atoms with Gasteiger partial charge in [-0.2, -0.15) is 0 Å². The Bertz CT molecular complexity index is 1200. The fourth-order valence-electron chi connectivity index (χ4n) is 3.29. The van der Waals surface area contributed by atoms with Gasteiger partial charge in [-0.05, 0) is 30.5 Å². The summed E-state index contributed by atoms with van der Waals surface area (Å²) in [6, 6.07) is 14.1. The minimum atomic E-state index is -0.0266. The van der Waals surface area contributed by atoms with Crippen LogP contribution in [0.25, 0.3) is 20.9 Å². The zero-order valence-corrected chi connectivity index (χ0v) is 17.7. The van der Waals surface area contributed by atoms with Gasteiger partial charge in [-0.1, -0.05) is 42.1 Å². The minimum Gasteiger partial charge on any atom is -0.397 e. The first-order valence-electron chi connectivity index (χ1n) is 9.72. The van der Waals surface area contributed by atoms with Gasteiger partial charge in [-0.15, -0.1) is 21.5 Å². The van der Waals surface area contributed by atoms with E-state index in [2.05, 4.69) is 25.1 Å². The molecule has 1 aliphatic rings. The molecule has 152 valence electrons. The van der Waals surface area contributed by atoms with Gasteiger partial charge in [-0.25, -0.2) is 4.98 Å². The molecule has 1 fully saturated rings. The molecule has 5 rings (SSSR count). The maximum Gasteiger partial charge on any atom is 0.230 e. The lowest BCUT2D eigenvalue weighted by Gasteiger charge is -2.09. The van der Waals surface area contributed by atoms with Crippen LogP contribution in [0.3, 0.4) is 0 Å². The predicted molar refractivity (Wildman–Crippen MR) is 120 cm³/mol. The summed E-state index contributed by atoms with van der Waals surface area (Å²) in [6.07, 6.45) is 3.94. The van der Waals surface area contributed by atoms with Gasteiger partial charge in [0.2, 0.25) is 5.91 Å². The molecule has 30 heavy (non-hydrogen) atoms. The number of fused-ring (bicyclic) bond motifs is 1. The van der Waals surface area contributed by atoms with Crippen LogP contribution in [0, 0.1) is 0 Å². The summed E-state index contributed by atoms with van der Waals surface area (Å²) in [5.41, 5.74) is 8.17. The maximum atomic E-state index is 12.3. The van der Waals surface area contributed by atoms with E-state index in [1.807, 2.05) is 42.5 Å². The summed E-state index contributed by atoms with van der Waals surface area (Å²) in [5.74, 6) is 1.03. The summed E-state index contributed by atoms with van der Waals surface area (Å²) in [6.45, 7) is 0.520. The molecule has 1 saturated carbocycles. The molecule has 0 spiro atoms. The number of nitrogens with two attached hydrogens (primary N) is 1. The van der Waals surface area contributed by atoms with Crippen LogP contribution < -0.4 is 11.1 Å². The molecule has 9 heteroatoms. The van der Waals surface area contributed by atoms with Crippen molar-refractivity contribution < 1.29 is 4.79 Å². The van der Waals surface area contributed by atoms with E-state index in [1.54, 1.807) is 6.20 Å². The van der Waals surface area contributed by atoms with Crippen molar-refractivity contribution in [1.29, 1.82) is 0 Å². The van der Waals surface area contributed by atoms with Gasteiger partial charge in [0.15, 0.2) is 11.0 Å². The van der Waals surface area contributed by atoms with Crippen molar-refractivity contribution in [1.82, 2.24) is 25.1 Å². The first kappa shape index (κ1) is 19.1. The van der Waals surface area contributed by atoms with Gasteiger partial charge < -0.3 is 11.1 Å². The number of aromatic nitrogens is 4. The Morgan fingerprint density at radius 1 is 1.20 bits per heavy atom. The summed E-state index contributed by atoms with van der Waals surface area (Å²) < 4.78 is 2.14. The average Bonchev–Trinajstić information content (AvgIpc) is 3.45. The Kier molecular flexibility index (Phi) is 5.14. The predicted octanol–water partition coefficient (Wildman–Crippen LogP) is 3.88. The molecule has 0 atom stereocenters. The molecule has 0 bridgehead atoms. The quantitative estimate of drug-likeness (QED) is 0.427. The Morgan fingerprint density at radius 3 is 2.80 bits per heavy atom. The van der Waals surface area contributed by atoms with Crippen molar-refractivity contribution >= 4 is 44.9 Å². The van der Waals surface area contributed by atoms with E-state index >= 15 is 0 Å². The number of carbonyl (C=O) groups is 1. The average molecular weight is 437 g/mol. The summed E-state index contributed by atoms with van der Waals surface area (Å²) in [5, 5.41) is 13.5. The molecule has 1 aromatic carbocycles. The number of thioether (sulfide) groups is 1. The molecule has 7 nitrogen and oxygen atoms in total. The van der Waals surface area contributed by atoms with Crippen molar-refractivity contribution in [2.24, 2.45) is 0 Å². The smallest absolute Gasteiger partial charge is 0.230 e. The SMILES string of the molecule is Nc1c(-c2nnc(SCC(=O)NCc3ccccc3)n2C2CC2)sc2ncccc12. The number of thiophene rings is 1. The second-order valence-electron chi connectivity index (χ2n) is 7.16. The standard InChI is InChI=1S/C21H20N6OS2/c22-17-15-7-4-10-23-20(15)30-18(17)19-25-26-21(27(19)14-8-9-14)29-12-16(28)24-11-13-5-2-1-3-6-13/h1-7,10,14H,8-9,11-12,22H2,(H,24,28). The highest BCUT2D eigenvalue weighted by Crippen LogP contribution is 2.45. The molecule has 1 aliphatic carbocycles. The number of pyridine rings is 1. The highest BCUT2D eigenvalue weighted by molar-refractivity contribution is 7.99. The molecule has 0 aliphatic heterocycles. The van der Waals surface area contributed by atoms with Gasteiger partial charge in [-0.3, -0.25) is 9.36 Å². The van der Waals surface area contributed by atoms with E-state index in [1.165, 1.54) is 23.1 Å². The Labute approximate surface area is 181 Å².